The Labute approximate surface area is 89.1 Å². The Morgan fingerprint density at radius 1 is 1.36 bits per heavy atom. The summed E-state index contributed by atoms with van der Waals surface area (Å²) in [7, 11) is 2.29. The van der Waals surface area contributed by atoms with Gasteiger partial charge in [-0.25, -0.2) is 0 Å². The van der Waals surface area contributed by atoms with E-state index in [1.165, 1.54) is 25.7 Å². The average molecular weight is 198 g/mol. The number of nitrogens with one attached hydrogen (secondary N) is 1. The maximum atomic E-state index is 3.54. The second-order valence-electron chi connectivity index (χ2n) is 4.88. The largest absolute Gasteiger partial charge is 0.313 e. The van der Waals surface area contributed by atoms with E-state index in [1.807, 2.05) is 0 Å². The Morgan fingerprint density at radius 3 is 2.36 bits per heavy atom. The fourth-order valence-electron chi connectivity index (χ4n) is 2.04. The van der Waals surface area contributed by atoms with Crippen LogP contribution in [0.1, 0.15) is 46.5 Å². The minimum Gasteiger partial charge on any atom is -0.313 e. The molecule has 0 aromatic rings. The molecule has 0 radical (unpaired) electrons. The fourth-order valence-corrected chi connectivity index (χ4v) is 2.04. The molecule has 1 N–H and O–H groups in total. The van der Waals surface area contributed by atoms with Gasteiger partial charge in [0.15, 0.2) is 0 Å². The Hall–Kier alpha value is -0.0800. The molecule has 1 aliphatic rings. The molecule has 1 aliphatic carbocycles. The third-order valence-electron chi connectivity index (χ3n) is 3.46. The van der Waals surface area contributed by atoms with E-state index in [1.54, 1.807) is 0 Å². The van der Waals surface area contributed by atoms with Gasteiger partial charge >= 0.3 is 0 Å². The molecule has 1 unspecified atom stereocenters. The van der Waals surface area contributed by atoms with Crippen LogP contribution in [0.15, 0.2) is 0 Å². The van der Waals surface area contributed by atoms with Gasteiger partial charge in [0.1, 0.15) is 0 Å². The molecule has 0 aliphatic heterocycles. The summed E-state index contributed by atoms with van der Waals surface area (Å²) in [6.45, 7) is 7.87. The van der Waals surface area contributed by atoms with Crippen molar-refractivity contribution in [3.05, 3.63) is 0 Å². The van der Waals surface area contributed by atoms with Gasteiger partial charge in [0.05, 0.1) is 0 Å². The van der Waals surface area contributed by atoms with E-state index in [0.29, 0.717) is 6.04 Å². The van der Waals surface area contributed by atoms with E-state index >= 15 is 0 Å². The smallest absolute Gasteiger partial charge is 0.0217 e. The number of hydrogen-bond donors (Lipinski definition) is 1. The van der Waals surface area contributed by atoms with Gasteiger partial charge in [-0.1, -0.05) is 27.2 Å². The predicted octanol–water partition coefficient (Wildman–Crippen LogP) is 2.25. The molecule has 0 aromatic carbocycles. The number of nitrogens with zero attached hydrogens (tertiary/aromatic N) is 1. The van der Waals surface area contributed by atoms with Crippen molar-refractivity contribution in [3.8, 4) is 0 Å². The van der Waals surface area contributed by atoms with Crippen LogP contribution < -0.4 is 5.32 Å². The Morgan fingerprint density at radius 2 is 2.00 bits per heavy atom. The lowest BCUT2D eigenvalue weighted by atomic mass is 9.90. The van der Waals surface area contributed by atoms with Gasteiger partial charge in [-0.2, -0.15) is 0 Å². The van der Waals surface area contributed by atoms with Crippen LogP contribution in [0.25, 0.3) is 0 Å². The van der Waals surface area contributed by atoms with Gasteiger partial charge in [0, 0.05) is 24.7 Å². The van der Waals surface area contributed by atoms with Crippen molar-refractivity contribution in [3.63, 3.8) is 0 Å². The van der Waals surface area contributed by atoms with Crippen LogP contribution in [-0.4, -0.2) is 36.6 Å². The molecule has 84 valence electrons. The van der Waals surface area contributed by atoms with E-state index in [-0.39, 0.29) is 0 Å². The van der Waals surface area contributed by atoms with Crippen molar-refractivity contribution in [1.82, 2.24) is 10.2 Å². The zero-order chi connectivity index (χ0) is 10.6. The zero-order valence-electron chi connectivity index (χ0n) is 10.2. The summed E-state index contributed by atoms with van der Waals surface area (Å²) in [5, 5.41) is 3.54. The van der Waals surface area contributed by atoms with E-state index in [4.69, 9.17) is 0 Å². The summed E-state index contributed by atoms with van der Waals surface area (Å²) in [5.74, 6) is 0. The molecule has 2 heteroatoms. The number of rotatable bonds is 6. The first-order chi connectivity index (χ1) is 6.65. The van der Waals surface area contributed by atoms with Gasteiger partial charge in [-0.3, -0.25) is 4.90 Å². The first kappa shape index (κ1) is 12.0. The van der Waals surface area contributed by atoms with E-state index in [2.05, 4.69) is 38.0 Å². The molecular formula is C12H26N2. The normalized spacial score (nSPS) is 20.1. The first-order valence-corrected chi connectivity index (χ1v) is 6.10. The monoisotopic (exact) mass is 198 g/mol. The van der Waals surface area contributed by atoms with E-state index in [0.717, 1.165) is 18.6 Å². The fraction of sp³-hybridized carbons (Fsp3) is 1.00. The second kappa shape index (κ2) is 5.72. The van der Waals surface area contributed by atoms with Gasteiger partial charge < -0.3 is 5.32 Å². The lowest BCUT2D eigenvalue weighted by Gasteiger charge is -2.40. The van der Waals surface area contributed by atoms with Crippen LogP contribution in [-0.2, 0) is 0 Å². The summed E-state index contributed by atoms with van der Waals surface area (Å²) >= 11 is 0. The van der Waals surface area contributed by atoms with Crippen molar-refractivity contribution < 1.29 is 0 Å². The average Bonchev–Trinajstić information content (AvgIpc) is 2.01. The maximum Gasteiger partial charge on any atom is 0.0217 e. The topological polar surface area (TPSA) is 15.3 Å². The highest BCUT2D eigenvalue weighted by Gasteiger charge is 2.26. The van der Waals surface area contributed by atoms with Crippen LogP contribution in [0.2, 0.25) is 0 Å². The molecule has 1 rings (SSSR count). The van der Waals surface area contributed by atoms with Gasteiger partial charge in [-0.05, 0) is 26.3 Å². The molecule has 1 saturated carbocycles. The van der Waals surface area contributed by atoms with Crippen LogP contribution >= 0.6 is 0 Å². The van der Waals surface area contributed by atoms with Crippen molar-refractivity contribution in [1.29, 1.82) is 0 Å². The van der Waals surface area contributed by atoms with Gasteiger partial charge in [0.25, 0.3) is 0 Å². The second-order valence-corrected chi connectivity index (χ2v) is 4.88. The summed E-state index contributed by atoms with van der Waals surface area (Å²) in [6, 6.07) is 2.20. The Kier molecular flexibility index (Phi) is 4.90. The summed E-state index contributed by atoms with van der Waals surface area (Å²) in [6.07, 6.45) is 5.51. The summed E-state index contributed by atoms with van der Waals surface area (Å²) in [4.78, 5) is 2.58. The molecule has 1 atom stereocenters. The Balaban J connectivity index is 2.28. The minimum atomic E-state index is 0.610. The number of hydrogen-bond acceptors (Lipinski definition) is 2. The lowest BCUT2D eigenvalue weighted by molar-refractivity contribution is 0.105. The third kappa shape index (κ3) is 3.25. The maximum absolute atomic E-state index is 3.54. The van der Waals surface area contributed by atoms with Crippen LogP contribution in [0.3, 0.4) is 0 Å². The molecular weight excluding hydrogens is 172 g/mol. The standard InChI is InChI=1S/C12H26N2/c1-5-11(9-13-10(2)3)14(4)12-7-6-8-12/h10-13H,5-9H2,1-4H3. The van der Waals surface area contributed by atoms with Gasteiger partial charge in [0.2, 0.25) is 0 Å². The highest BCUT2D eigenvalue weighted by atomic mass is 15.2. The summed E-state index contributed by atoms with van der Waals surface area (Å²) < 4.78 is 0. The molecule has 0 bridgehead atoms. The SMILES string of the molecule is CCC(CNC(C)C)N(C)C1CCC1. The van der Waals surface area contributed by atoms with Crippen molar-refractivity contribution in [2.24, 2.45) is 0 Å². The predicted molar refractivity (Wildman–Crippen MR) is 62.6 cm³/mol. The molecule has 0 heterocycles. The van der Waals surface area contributed by atoms with E-state index < -0.39 is 0 Å². The van der Waals surface area contributed by atoms with Crippen LogP contribution in [0.5, 0.6) is 0 Å². The molecule has 0 spiro atoms. The van der Waals surface area contributed by atoms with Crippen molar-refractivity contribution in [2.45, 2.75) is 64.6 Å². The number of likely N-dealkylation sites (N-methyl/N-ethyl adjacent to an activating group) is 1. The highest BCUT2D eigenvalue weighted by Crippen LogP contribution is 2.25. The Bertz CT molecular complexity index is 152. The van der Waals surface area contributed by atoms with Crippen LogP contribution in [0.4, 0.5) is 0 Å². The molecule has 0 amide bonds. The third-order valence-corrected chi connectivity index (χ3v) is 3.46. The van der Waals surface area contributed by atoms with E-state index in [9.17, 15) is 0 Å². The lowest BCUT2D eigenvalue weighted by Crippen LogP contribution is -2.48. The van der Waals surface area contributed by atoms with Crippen LogP contribution in [0, 0.1) is 0 Å². The molecule has 0 saturated heterocycles. The quantitative estimate of drug-likeness (QED) is 0.704. The molecule has 1 fully saturated rings. The summed E-state index contributed by atoms with van der Waals surface area (Å²) in [5.41, 5.74) is 0. The van der Waals surface area contributed by atoms with Crippen molar-refractivity contribution in [2.75, 3.05) is 13.6 Å². The zero-order valence-corrected chi connectivity index (χ0v) is 10.2. The molecule has 2 nitrogen and oxygen atoms in total. The highest BCUT2D eigenvalue weighted by molar-refractivity contribution is 4.83. The minimum absolute atomic E-state index is 0.610. The first-order valence-electron chi connectivity index (χ1n) is 6.10. The molecule has 14 heavy (non-hydrogen) atoms. The van der Waals surface area contributed by atoms with Crippen molar-refractivity contribution >= 4 is 0 Å². The molecule has 0 aromatic heterocycles. The van der Waals surface area contributed by atoms with Gasteiger partial charge in [-0.15, -0.1) is 0 Å².